The van der Waals surface area contributed by atoms with Crippen LogP contribution in [0.2, 0.25) is 0 Å². The summed E-state index contributed by atoms with van der Waals surface area (Å²) in [7, 11) is -3.70. The molecule has 3 aromatic carbocycles. The Labute approximate surface area is 229 Å². The number of sulfonamides is 1. The predicted molar refractivity (Wildman–Crippen MR) is 146 cm³/mol. The Bertz CT molecular complexity index is 1670. The zero-order valence-corrected chi connectivity index (χ0v) is 22.6. The van der Waals surface area contributed by atoms with Crippen molar-refractivity contribution in [3.63, 3.8) is 0 Å². The van der Waals surface area contributed by atoms with Gasteiger partial charge in [0.05, 0.1) is 24.1 Å². The third-order valence-electron chi connectivity index (χ3n) is 5.79. The molecule has 0 aliphatic rings. The third-order valence-corrected chi connectivity index (χ3v) is 6.38. The SMILES string of the molecule is CCCOC(=O)Cn1nnnc1CCc1ccc(Oc2cc(C(N)=O)c(O)c3ccccc23)c(NS(C)(=O)=O)c1. The maximum atomic E-state index is 12.1. The van der Waals surface area contributed by atoms with Gasteiger partial charge in [0.15, 0.2) is 11.6 Å². The molecule has 210 valence electrons. The van der Waals surface area contributed by atoms with Gasteiger partial charge in [-0.15, -0.1) is 5.10 Å². The van der Waals surface area contributed by atoms with Gasteiger partial charge < -0.3 is 20.3 Å². The second-order valence-corrected chi connectivity index (χ2v) is 10.7. The smallest absolute Gasteiger partial charge is 0.327 e. The van der Waals surface area contributed by atoms with Crippen LogP contribution in [-0.4, -0.2) is 58.5 Å². The van der Waals surface area contributed by atoms with Crippen molar-refractivity contribution in [1.29, 1.82) is 0 Å². The van der Waals surface area contributed by atoms with E-state index >= 15 is 0 Å². The lowest BCUT2D eigenvalue weighted by Gasteiger charge is -2.16. The molecule has 14 heteroatoms. The second kappa shape index (κ2) is 12.0. The molecule has 0 saturated heterocycles. The van der Waals surface area contributed by atoms with Gasteiger partial charge in [-0.1, -0.05) is 37.3 Å². The van der Waals surface area contributed by atoms with Crippen LogP contribution in [0.15, 0.2) is 48.5 Å². The average Bonchev–Trinajstić information content (AvgIpc) is 3.34. The molecule has 0 spiro atoms. The van der Waals surface area contributed by atoms with Crippen LogP contribution in [0.1, 0.15) is 35.1 Å². The van der Waals surface area contributed by atoms with Crippen LogP contribution < -0.4 is 15.2 Å². The maximum Gasteiger partial charge on any atom is 0.327 e. The van der Waals surface area contributed by atoms with Gasteiger partial charge in [-0.3, -0.25) is 14.3 Å². The number of nitrogens with zero attached hydrogens (tertiary/aromatic N) is 4. The molecule has 1 aromatic heterocycles. The van der Waals surface area contributed by atoms with Gasteiger partial charge in [-0.2, -0.15) is 0 Å². The van der Waals surface area contributed by atoms with Gasteiger partial charge in [0.1, 0.15) is 18.0 Å². The van der Waals surface area contributed by atoms with Crippen molar-refractivity contribution in [2.45, 2.75) is 32.7 Å². The van der Waals surface area contributed by atoms with E-state index in [1.807, 2.05) is 6.92 Å². The summed E-state index contributed by atoms with van der Waals surface area (Å²) in [5, 5.41) is 22.8. The maximum absolute atomic E-state index is 12.1. The normalized spacial score (nSPS) is 11.3. The molecule has 0 fully saturated rings. The highest BCUT2D eigenvalue weighted by Crippen LogP contribution is 2.40. The van der Waals surface area contributed by atoms with Crippen molar-refractivity contribution in [3.8, 4) is 17.2 Å². The second-order valence-electron chi connectivity index (χ2n) is 8.96. The summed E-state index contributed by atoms with van der Waals surface area (Å²) >= 11 is 0. The molecule has 0 aliphatic carbocycles. The minimum absolute atomic E-state index is 0.121. The number of primary amides is 1. The van der Waals surface area contributed by atoms with E-state index in [-0.39, 0.29) is 35.0 Å². The fourth-order valence-electron chi connectivity index (χ4n) is 3.98. The van der Waals surface area contributed by atoms with E-state index in [4.69, 9.17) is 15.2 Å². The molecule has 40 heavy (non-hydrogen) atoms. The van der Waals surface area contributed by atoms with Gasteiger partial charge in [-0.25, -0.2) is 13.1 Å². The van der Waals surface area contributed by atoms with Crippen molar-refractivity contribution in [1.82, 2.24) is 20.2 Å². The summed E-state index contributed by atoms with van der Waals surface area (Å²) in [5.41, 5.74) is 6.19. The lowest BCUT2D eigenvalue weighted by molar-refractivity contribution is -0.144. The molecular formula is C26H28N6O7S. The summed E-state index contributed by atoms with van der Waals surface area (Å²) in [4.78, 5) is 23.9. The largest absolute Gasteiger partial charge is 0.506 e. The molecule has 0 aliphatic heterocycles. The Balaban J connectivity index is 1.62. The first-order valence-corrected chi connectivity index (χ1v) is 14.2. The molecular weight excluding hydrogens is 540 g/mol. The number of nitrogens with one attached hydrogen (secondary N) is 1. The zero-order valence-electron chi connectivity index (χ0n) is 21.8. The number of nitrogens with two attached hydrogens (primary N) is 1. The number of amides is 1. The quantitative estimate of drug-likeness (QED) is 0.214. The Hall–Kier alpha value is -4.72. The Morgan fingerprint density at radius 1 is 1.07 bits per heavy atom. The molecule has 4 aromatic rings. The number of phenols is 1. The van der Waals surface area contributed by atoms with Gasteiger partial charge in [0, 0.05) is 17.2 Å². The number of rotatable bonds is 12. The summed E-state index contributed by atoms with van der Waals surface area (Å²) in [6, 6.07) is 13.0. The summed E-state index contributed by atoms with van der Waals surface area (Å²) in [6.07, 6.45) is 2.48. The third kappa shape index (κ3) is 6.83. The van der Waals surface area contributed by atoms with Crippen LogP contribution in [0.3, 0.4) is 0 Å². The number of aromatic hydroxyl groups is 1. The van der Waals surface area contributed by atoms with E-state index < -0.39 is 21.9 Å². The minimum atomic E-state index is -3.70. The van der Waals surface area contributed by atoms with Crippen LogP contribution in [-0.2, 0) is 38.9 Å². The number of benzene rings is 3. The van der Waals surface area contributed by atoms with Crippen molar-refractivity contribution in [2.24, 2.45) is 5.73 Å². The fraction of sp³-hybridized carbons (Fsp3) is 0.269. The first kappa shape index (κ1) is 28.3. The molecule has 0 atom stereocenters. The minimum Gasteiger partial charge on any atom is -0.506 e. The monoisotopic (exact) mass is 568 g/mol. The molecule has 1 amide bonds. The highest BCUT2D eigenvalue weighted by Gasteiger charge is 2.19. The summed E-state index contributed by atoms with van der Waals surface area (Å²) in [6.45, 7) is 2.08. The van der Waals surface area contributed by atoms with E-state index in [2.05, 4.69) is 20.2 Å². The molecule has 0 unspecified atom stereocenters. The van der Waals surface area contributed by atoms with Crippen LogP contribution in [0, 0.1) is 0 Å². The number of aromatic nitrogens is 4. The Kier molecular flexibility index (Phi) is 8.48. The summed E-state index contributed by atoms with van der Waals surface area (Å²) in [5.74, 6) is -0.761. The standard InChI is InChI=1S/C26H28N6O7S/c1-3-12-38-24(33)15-32-23(28-30-31-32)11-9-16-8-10-21(20(13-16)29-40(2,36)37)39-22-14-19(26(27)35)25(34)18-7-5-4-6-17(18)22/h4-8,10,13-14,29,34H,3,9,11-12,15H2,1-2H3,(H2,27,35). The van der Waals surface area contributed by atoms with E-state index in [0.29, 0.717) is 42.5 Å². The molecule has 4 rings (SSSR count). The summed E-state index contributed by atoms with van der Waals surface area (Å²) < 4.78 is 39.3. The van der Waals surface area contributed by atoms with Crippen LogP contribution in [0.4, 0.5) is 5.69 Å². The number of hydrogen-bond donors (Lipinski definition) is 3. The van der Waals surface area contributed by atoms with Gasteiger partial charge in [-0.05, 0) is 47.0 Å². The first-order chi connectivity index (χ1) is 19.1. The van der Waals surface area contributed by atoms with E-state index in [1.54, 1.807) is 42.5 Å². The molecule has 13 nitrogen and oxygen atoms in total. The molecule has 4 N–H and O–H groups in total. The van der Waals surface area contributed by atoms with Crippen molar-refractivity contribution < 1.29 is 32.6 Å². The van der Waals surface area contributed by atoms with E-state index in [0.717, 1.165) is 11.8 Å². The van der Waals surface area contributed by atoms with Crippen LogP contribution >= 0.6 is 0 Å². The topological polar surface area (TPSA) is 189 Å². The zero-order chi connectivity index (χ0) is 28.9. The van der Waals surface area contributed by atoms with Crippen LogP contribution in [0.5, 0.6) is 17.2 Å². The Morgan fingerprint density at radius 2 is 1.82 bits per heavy atom. The average molecular weight is 569 g/mol. The fourth-order valence-corrected chi connectivity index (χ4v) is 4.54. The van der Waals surface area contributed by atoms with Crippen molar-refractivity contribution >= 4 is 38.4 Å². The number of ether oxygens (including phenoxy) is 2. The highest BCUT2D eigenvalue weighted by molar-refractivity contribution is 7.92. The number of aryl methyl sites for hydroxylation is 2. The number of hydrogen-bond acceptors (Lipinski definition) is 10. The van der Waals surface area contributed by atoms with Crippen molar-refractivity contribution in [3.05, 3.63) is 65.5 Å². The van der Waals surface area contributed by atoms with Crippen LogP contribution in [0.25, 0.3) is 10.8 Å². The number of esters is 1. The van der Waals surface area contributed by atoms with Crippen molar-refractivity contribution in [2.75, 3.05) is 17.6 Å². The van der Waals surface area contributed by atoms with Gasteiger partial charge in [0.2, 0.25) is 10.0 Å². The van der Waals surface area contributed by atoms with Gasteiger partial charge >= 0.3 is 5.97 Å². The number of carbonyl (C=O) groups excluding carboxylic acids is 2. The molecule has 1 heterocycles. The number of fused-ring (bicyclic) bond motifs is 1. The number of anilines is 1. The van der Waals surface area contributed by atoms with Gasteiger partial charge in [0.25, 0.3) is 5.91 Å². The lowest BCUT2D eigenvalue weighted by Crippen LogP contribution is -2.17. The predicted octanol–water partition coefficient (Wildman–Crippen LogP) is 2.53. The first-order valence-electron chi connectivity index (χ1n) is 12.3. The van der Waals surface area contributed by atoms with E-state index in [1.165, 1.54) is 10.7 Å². The number of tetrazole rings is 1. The molecule has 0 bridgehead atoms. The number of carbonyl (C=O) groups is 2. The lowest BCUT2D eigenvalue weighted by atomic mass is 10.0. The van der Waals surface area contributed by atoms with E-state index in [9.17, 15) is 23.1 Å². The molecule has 0 saturated carbocycles. The highest BCUT2D eigenvalue weighted by atomic mass is 32.2. The molecule has 0 radical (unpaired) electrons. The Morgan fingerprint density at radius 3 is 2.52 bits per heavy atom.